The van der Waals surface area contributed by atoms with E-state index in [0.29, 0.717) is 19.1 Å². The minimum atomic E-state index is 0.342. The Morgan fingerprint density at radius 2 is 2.04 bits per heavy atom. The van der Waals surface area contributed by atoms with Crippen molar-refractivity contribution < 1.29 is 0 Å². The molecule has 0 aliphatic carbocycles. The molecule has 0 aliphatic heterocycles. The van der Waals surface area contributed by atoms with E-state index in [-0.39, 0.29) is 0 Å². The smallest absolute Gasteiger partial charge is 0.165 e. The van der Waals surface area contributed by atoms with Crippen molar-refractivity contribution in [1.82, 2.24) is 30.4 Å². The van der Waals surface area contributed by atoms with E-state index in [1.807, 2.05) is 22.9 Å². The molecule has 2 aromatic heterocycles. The maximum absolute atomic E-state index is 4.14. The van der Waals surface area contributed by atoms with Crippen molar-refractivity contribution in [2.24, 2.45) is 0 Å². The molecule has 1 aromatic carbocycles. The Bertz CT molecular complexity index is 723. The van der Waals surface area contributed by atoms with E-state index in [4.69, 9.17) is 0 Å². The van der Waals surface area contributed by atoms with E-state index in [9.17, 15) is 0 Å². The van der Waals surface area contributed by atoms with Crippen molar-refractivity contribution in [2.45, 2.75) is 19.1 Å². The van der Waals surface area contributed by atoms with Gasteiger partial charge in [-0.2, -0.15) is 11.3 Å². The summed E-state index contributed by atoms with van der Waals surface area (Å²) in [5, 5.41) is 19.9. The molecule has 3 aromatic rings. The summed E-state index contributed by atoms with van der Waals surface area (Å²) in [6, 6.07) is 12.7. The number of tetrazole rings is 1. The lowest BCUT2D eigenvalue weighted by Gasteiger charge is -2.24. The molecule has 1 N–H and O–H groups in total. The molecule has 0 radical (unpaired) electrons. The van der Waals surface area contributed by atoms with Gasteiger partial charge in [-0.15, -0.1) is 5.10 Å². The normalized spacial score (nSPS) is 12.6. The van der Waals surface area contributed by atoms with Crippen LogP contribution < -0.4 is 5.32 Å². The van der Waals surface area contributed by atoms with Crippen molar-refractivity contribution >= 4 is 11.3 Å². The van der Waals surface area contributed by atoms with Gasteiger partial charge in [-0.3, -0.25) is 0 Å². The van der Waals surface area contributed by atoms with Gasteiger partial charge in [0.05, 0.1) is 13.1 Å². The van der Waals surface area contributed by atoms with E-state index in [0.717, 1.165) is 12.4 Å². The van der Waals surface area contributed by atoms with E-state index >= 15 is 0 Å². The maximum atomic E-state index is 4.14. The highest BCUT2D eigenvalue weighted by Crippen LogP contribution is 2.20. The monoisotopic (exact) mass is 342 g/mol. The number of likely N-dealkylation sites (N-methyl/N-ethyl adjacent to an activating group) is 1. The lowest BCUT2D eigenvalue weighted by Crippen LogP contribution is -2.31. The highest BCUT2D eigenvalue weighted by Gasteiger charge is 2.15. The summed E-state index contributed by atoms with van der Waals surface area (Å²) in [4.78, 5) is 2.22. The first-order valence-corrected chi connectivity index (χ1v) is 8.86. The van der Waals surface area contributed by atoms with E-state index < -0.39 is 0 Å². The lowest BCUT2D eigenvalue weighted by molar-refractivity contribution is 0.287. The van der Waals surface area contributed by atoms with E-state index in [1.165, 1.54) is 11.1 Å². The zero-order chi connectivity index (χ0) is 16.8. The van der Waals surface area contributed by atoms with Crippen molar-refractivity contribution in [1.29, 1.82) is 0 Å². The van der Waals surface area contributed by atoms with Crippen LogP contribution in [0.5, 0.6) is 0 Å². The van der Waals surface area contributed by atoms with Gasteiger partial charge in [0.2, 0.25) is 0 Å². The van der Waals surface area contributed by atoms with Gasteiger partial charge < -0.3 is 10.2 Å². The van der Waals surface area contributed by atoms with Crippen molar-refractivity contribution in [3.05, 3.63) is 64.1 Å². The predicted octanol–water partition coefficient (Wildman–Crippen LogP) is 2.18. The minimum Gasteiger partial charge on any atom is -0.308 e. The molecule has 0 aliphatic rings. The Balaban J connectivity index is 1.58. The molecule has 6 nitrogen and oxygen atoms in total. The first-order valence-electron chi connectivity index (χ1n) is 7.92. The Hall–Kier alpha value is -2.09. The van der Waals surface area contributed by atoms with Crippen LogP contribution in [0.4, 0.5) is 0 Å². The van der Waals surface area contributed by atoms with Gasteiger partial charge in [0, 0.05) is 12.6 Å². The summed E-state index contributed by atoms with van der Waals surface area (Å²) in [7, 11) is 4.20. The fourth-order valence-corrected chi connectivity index (χ4v) is 3.32. The fourth-order valence-electron chi connectivity index (χ4n) is 2.61. The Morgan fingerprint density at radius 1 is 1.21 bits per heavy atom. The van der Waals surface area contributed by atoms with Crippen LogP contribution in [0.3, 0.4) is 0 Å². The molecule has 3 rings (SSSR count). The molecular weight excluding hydrogens is 320 g/mol. The molecular formula is C17H22N6S. The molecule has 0 saturated carbocycles. The molecule has 0 spiro atoms. The number of nitrogens with zero attached hydrogens (tertiary/aromatic N) is 5. The molecule has 2 heterocycles. The first-order chi connectivity index (χ1) is 11.7. The average Bonchev–Trinajstić information content (AvgIpc) is 3.24. The molecule has 0 bridgehead atoms. The standard InChI is InChI=1S/C17H22N6S/c1-22(2)16(15-8-9-24-13-15)10-18-11-17-19-20-21-23(17)12-14-6-4-3-5-7-14/h3-9,13,16,18H,10-12H2,1-2H3. The van der Waals surface area contributed by atoms with Gasteiger partial charge in [0.25, 0.3) is 0 Å². The third-order valence-electron chi connectivity index (χ3n) is 3.95. The molecule has 0 saturated heterocycles. The summed E-state index contributed by atoms with van der Waals surface area (Å²) in [6.07, 6.45) is 0. The molecule has 1 unspecified atom stereocenters. The van der Waals surface area contributed by atoms with Crippen LogP contribution in [-0.4, -0.2) is 45.7 Å². The molecule has 1 atom stereocenters. The molecule has 7 heteroatoms. The van der Waals surface area contributed by atoms with Gasteiger partial charge >= 0.3 is 0 Å². The maximum Gasteiger partial charge on any atom is 0.165 e. The Morgan fingerprint density at radius 3 is 2.75 bits per heavy atom. The van der Waals surface area contributed by atoms with Crippen molar-refractivity contribution in [3.63, 3.8) is 0 Å². The zero-order valence-electron chi connectivity index (χ0n) is 14.0. The summed E-state index contributed by atoms with van der Waals surface area (Å²) >= 11 is 1.73. The van der Waals surface area contributed by atoms with E-state index in [2.05, 4.69) is 68.8 Å². The number of hydrogen-bond donors (Lipinski definition) is 1. The summed E-state index contributed by atoms with van der Waals surface area (Å²) in [5.74, 6) is 0.849. The van der Waals surface area contributed by atoms with Gasteiger partial charge in [-0.25, -0.2) is 4.68 Å². The number of thiophene rings is 1. The number of rotatable bonds is 8. The second-order valence-corrected chi connectivity index (χ2v) is 6.69. The minimum absolute atomic E-state index is 0.342. The largest absolute Gasteiger partial charge is 0.308 e. The number of hydrogen-bond acceptors (Lipinski definition) is 6. The van der Waals surface area contributed by atoms with E-state index in [1.54, 1.807) is 11.3 Å². The highest BCUT2D eigenvalue weighted by atomic mass is 32.1. The second kappa shape index (κ2) is 8.14. The fraction of sp³-hybridized carbons (Fsp3) is 0.353. The van der Waals surface area contributed by atoms with Gasteiger partial charge in [0.1, 0.15) is 0 Å². The summed E-state index contributed by atoms with van der Waals surface area (Å²) in [5.41, 5.74) is 2.52. The van der Waals surface area contributed by atoms with Gasteiger partial charge in [0.15, 0.2) is 5.82 Å². The van der Waals surface area contributed by atoms with Crippen molar-refractivity contribution in [3.8, 4) is 0 Å². The van der Waals surface area contributed by atoms with Gasteiger partial charge in [-0.05, 0) is 52.5 Å². The average molecular weight is 342 g/mol. The second-order valence-electron chi connectivity index (χ2n) is 5.91. The number of aromatic nitrogens is 4. The number of benzene rings is 1. The summed E-state index contributed by atoms with van der Waals surface area (Å²) in [6.45, 7) is 2.18. The number of nitrogens with one attached hydrogen (secondary N) is 1. The first kappa shape index (κ1) is 16.8. The Labute approximate surface area is 146 Å². The highest BCUT2D eigenvalue weighted by molar-refractivity contribution is 7.07. The molecule has 126 valence electrons. The molecule has 0 fully saturated rings. The predicted molar refractivity (Wildman–Crippen MR) is 95.8 cm³/mol. The third kappa shape index (κ3) is 4.25. The third-order valence-corrected chi connectivity index (χ3v) is 4.65. The zero-order valence-corrected chi connectivity index (χ0v) is 14.8. The van der Waals surface area contributed by atoms with Crippen LogP contribution in [0.1, 0.15) is 23.0 Å². The SMILES string of the molecule is CN(C)C(CNCc1nnnn1Cc1ccccc1)c1ccsc1. The Kier molecular flexibility index (Phi) is 5.68. The van der Waals surface area contributed by atoms with Crippen LogP contribution in [0, 0.1) is 0 Å². The van der Waals surface area contributed by atoms with Crippen LogP contribution in [-0.2, 0) is 13.1 Å². The van der Waals surface area contributed by atoms with Crippen LogP contribution in [0.15, 0.2) is 47.2 Å². The molecule has 24 heavy (non-hydrogen) atoms. The lowest BCUT2D eigenvalue weighted by atomic mass is 10.1. The quantitative estimate of drug-likeness (QED) is 0.680. The van der Waals surface area contributed by atoms with Crippen LogP contribution in [0.2, 0.25) is 0 Å². The van der Waals surface area contributed by atoms with Gasteiger partial charge in [-0.1, -0.05) is 30.3 Å². The summed E-state index contributed by atoms with van der Waals surface area (Å²) < 4.78 is 1.84. The topological polar surface area (TPSA) is 58.9 Å². The van der Waals surface area contributed by atoms with Crippen molar-refractivity contribution in [2.75, 3.05) is 20.6 Å². The van der Waals surface area contributed by atoms with Crippen LogP contribution in [0.25, 0.3) is 0 Å². The van der Waals surface area contributed by atoms with Crippen LogP contribution >= 0.6 is 11.3 Å². The molecule has 0 amide bonds.